The number of nitrogens with one attached hydrogen (secondary N) is 2. The van der Waals surface area contributed by atoms with Crippen molar-refractivity contribution >= 4 is 53.1 Å². The molecule has 1 aliphatic heterocycles. The van der Waals surface area contributed by atoms with Crippen molar-refractivity contribution in [3.63, 3.8) is 0 Å². The number of hydrogen-bond acceptors (Lipinski definition) is 5. The molecule has 3 rings (SSSR count). The number of rotatable bonds is 3. The fourth-order valence-corrected chi connectivity index (χ4v) is 2.84. The second-order valence-corrected chi connectivity index (χ2v) is 6.18. The molecule has 0 aromatic heterocycles. The van der Waals surface area contributed by atoms with Crippen LogP contribution in [0.3, 0.4) is 0 Å². The zero-order valence-electron chi connectivity index (χ0n) is 13.4. The van der Waals surface area contributed by atoms with E-state index in [0.29, 0.717) is 11.1 Å². The zero-order valence-corrected chi connectivity index (χ0v) is 14.9. The molecule has 2 N–H and O–H groups in total. The number of ether oxygens (including phenoxy) is 1. The van der Waals surface area contributed by atoms with Crippen molar-refractivity contribution < 1.29 is 23.9 Å². The number of halogens is 2. The first-order valence-electron chi connectivity index (χ1n) is 7.50. The first kappa shape index (κ1) is 18.6. The van der Waals surface area contributed by atoms with Crippen molar-refractivity contribution in [1.82, 2.24) is 10.6 Å². The lowest BCUT2D eigenvalue weighted by Crippen LogP contribution is -2.51. The molecular formula is C18H10Cl2N2O5. The van der Waals surface area contributed by atoms with E-state index in [-0.39, 0.29) is 21.4 Å². The fraction of sp³-hybridized carbons (Fsp3) is 0. The highest BCUT2D eigenvalue weighted by Crippen LogP contribution is 2.35. The Kier molecular flexibility index (Phi) is 5.25. The molecule has 1 heterocycles. The number of barbiturate groups is 1. The van der Waals surface area contributed by atoms with E-state index in [4.69, 9.17) is 27.9 Å². The lowest BCUT2D eigenvalue weighted by atomic mass is 10.1. The number of carbonyl (C=O) groups excluding carboxylic acids is 4. The van der Waals surface area contributed by atoms with Crippen molar-refractivity contribution in [2.24, 2.45) is 0 Å². The number of hydrogen-bond donors (Lipinski definition) is 2. The van der Waals surface area contributed by atoms with Gasteiger partial charge in [-0.05, 0) is 35.9 Å². The minimum atomic E-state index is -0.901. The molecule has 0 atom stereocenters. The number of esters is 1. The third-order valence-corrected chi connectivity index (χ3v) is 4.04. The van der Waals surface area contributed by atoms with Gasteiger partial charge in [0.2, 0.25) is 0 Å². The van der Waals surface area contributed by atoms with Crippen molar-refractivity contribution in [2.75, 3.05) is 0 Å². The maximum atomic E-state index is 12.1. The summed E-state index contributed by atoms with van der Waals surface area (Å²) < 4.78 is 5.24. The van der Waals surface area contributed by atoms with Crippen LogP contribution in [0.4, 0.5) is 4.79 Å². The lowest BCUT2D eigenvalue weighted by Gasteiger charge is -2.14. The van der Waals surface area contributed by atoms with Gasteiger partial charge in [-0.1, -0.05) is 41.4 Å². The van der Waals surface area contributed by atoms with Gasteiger partial charge in [-0.15, -0.1) is 0 Å². The summed E-state index contributed by atoms with van der Waals surface area (Å²) in [5.74, 6) is -2.40. The fourth-order valence-electron chi connectivity index (χ4n) is 2.26. The number of amides is 4. The van der Waals surface area contributed by atoms with E-state index in [9.17, 15) is 19.2 Å². The van der Waals surface area contributed by atoms with Crippen LogP contribution in [0.15, 0.2) is 48.0 Å². The van der Waals surface area contributed by atoms with Crippen LogP contribution >= 0.6 is 23.2 Å². The van der Waals surface area contributed by atoms with Crippen LogP contribution in [0.25, 0.3) is 6.08 Å². The van der Waals surface area contributed by atoms with E-state index in [1.807, 2.05) is 10.6 Å². The van der Waals surface area contributed by atoms with Crippen LogP contribution in [0, 0.1) is 0 Å². The Labute approximate surface area is 162 Å². The Morgan fingerprint density at radius 3 is 2.04 bits per heavy atom. The normalized spacial score (nSPS) is 13.7. The minimum absolute atomic E-state index is 0.00586. The highest BCUT2D eigenvalue weighted by atomic mass is 35.5. The summed E-state index contributed by atoms with van der Waals surface area (Å²) in [5.41, 5.74) is 0.325. The molecule has 0 aliphatic carbocycles. The molecule has 0 bridgehead atoms. The highest BCUT2D eigenvalue weighted by Gasteiger charge is 2.28. The van der Waals surface area contributed by atoms with Gasteiger partial charge >= 0.3 is 12.0 Å². The Morgan fingerprint density at radius 1 is 0.926 bits per heavy atom. The molecule has 4 amide bonds. The second kappa shape index (κ2) is 7.61. The van der Waals surface area contributed by atoms with Gasteiger partial charge in [0.15, 0.2) is 5.75 Å². The molecule has 0 spiro atoms. The SMILES string of the molecule is O=C1NC(=O)C(=Cc2cc(Cl)c(OC(=O)c3ccccc3)c(Cl)c2)C(=O)N1. The minimum Gasteiger partial charge on any atom is -0.420 e. The maximum Gasteiger partial charge on any atom is 0.343 e. The van der Waals surface area contributed by atoms with E-state index in [1.165, 1.54) is 18.2 Å². The van der Waals surface area contributed by atoms with Gasteiger partial charge in [0.05, 0.1) is 15.6 Å². The zero-order chi connectivity index (χ0) is 19.6. The first-order valence-corrected chi connectivity index (χ1v) is 8.25. The van der Waals surface area contributed by atoms with Gasteiger partial charge in [0.25, 0.3) is 11.8 Å². The van der Waals surface area contributed by atoms with E-state index in [0.717, 1.165) is 0 Å². The Balaban J connectivity index is 1.88. The maximum absolute atomic E-state index is 12.1. The lowest BCUT2D eigenvalue weighted by molar-refractivity contribution is -0.123. The molecule has 2 aromatic carbocycles. The van der Waals surface area contributed by atoms with Gasteiger partial charge in [-0.3, -0.25) is 20.2 Å². The van der Waals surface area contributed by atoms with Crippen LogP contribution in [-0.2, 0) is 9.59 Å². The topological polar surface area (TPSA) is 102 Å². The Bertz CT molecular complexity index is 957. The van der Waals surface area contributed by atoms with Gasteiger partial charge in [-0.25, -0.2) is 9.59 Å². The molecule has 0 unspecified atom stereocenters. The number of benzene rings is 2. The van der Waals surface area contributed by atoms with Crippen LogP contribution in [-0.4, -0.2) is 23.8 Å². The van der Waals surface area contributed by atoms with Gasteiger partial charge in [0.1, 0.15) is 5.57 Å². The van der Waals surface area contributed by atoms with Gasteiger partial charge in [0, 0.05) is 0 Å². The molecule has 2 aromatic rings. The van der Waals surface area contributed by atoms with Crippen molar-refractivity contribution in [3.05, 3.63) is 69.2 Å². The van der Waals surface area contributed by atoms with E-state index in [1.54, 1.807) is 30.3 Å². The molecule has 1 saturated heterocycles. The summed E-state index contributed by atoms with van der Waals surface area (Å²) in [6.07, 6.45) is 1.21. The molecule has 0 radical (unpaired) electrons. The molecule has 9 heteroatoms. The molecule has 1 fully saturated rings. The van der Waals surface area contributed by atoms with E-state index in [2.05, 4.69) is 0 Å². The Morgan fingerprint density at radius 2 is 1.48 bits per heavy atom. The van der Waals surface area contributed by atoms with Crippen molar-refractivity contribution in [1.29, 1.82) is 0 Å². The Hall–Kier alpha value is -3.16. The molecule has 136 valence electrons. The van der Waals surface area contributed by atoms with Crippen LogP contribution in [0.5, 0.6) is 5.75 Å². The van der Waals surface area contributed by atoms with Gasteiger partial charge < -0.3 is 4.74 Å². The monoisotopic (exact) mass is 404 g/mol. The highest BCUT2D eigenvalue weighted by molar-refractivity contribution is 6.38. The number of imide groups is 2. The van der Waals surface area contributed by atoms with Crippen molar-refractivity contribution in [3.8, 4) is 5.75 Å². The van der Waals surface area contributed by atoms with Crippen LogP contribution < -0.4 is 15.4 Å². The molecule has 1 aliphatic rings. The van der Waals surface area contributed by atoms with Crippen molar-refractivity contribution in [2.45, 2.75) is 0 Å². The van der Waals surface area contributed by atoms with E-state index >= 15 is 0 Å². The number of urea groups is 1. The average molecular weight is 405 g/mol. The van der Waals surface area contributed by atoms with Crippen LogP contribution in [0.2, 0.25) is 10.0 Å². The van der Waals surface area contributed by atoms with E-state index < -0.39 is 23.8 Å². The molecular weight excluding hydrogens is 395 g/mol. The summed E-state index contributed by atoms with van der Waals surface area (Å²) in [7, 11) is 0. The summed E-state index contributed by atoms with van der Waals surface area (Å²) >= 11 is 12.3. The standard InChI is InChI=1S/C18H10Cl2N2O5/c19-12-7-9(6-11-15(23)21-18(26)22-16(11)24)8-13(20)14(12)27-17(25)10-4-2-1-3-5-10/h1-8H,(H2,21,22,23,24,26). The molecule has 0 saturated carbocycles. The number of carbonyl (C=O) groups is 4. The third kappa shape index (κ3) is 4.16. The smallest absolute Gasteiger partial charge is 0.343 e. The summed E-state index contributed by atoms with van der Waals surface area (Å²) in [6, 6.07) is 10.1. The van der Waals surface area contributed by atoms with Crippen LogP contribution in [0.1, 0.15) is 15.9 Å². The van der Waals surface area contributed by atoms with Gasteiger partial charge in [-0.2, -0.15) is 0 Å². The molecule has 27 heavy (non-hydrogen) atoms. The second-order valence-electron chi connectivity index (χ2n) is 5.36. The quantitative estimate of drug-likeness (QED) is 0.354. The first-order chi connectivity index (χ1) is 12.8. The summed E-state index contributed by atoms with van der Waals surface area (Å²) in [4.78, 5) is 46.7. The predicted octanol–water partition coefficient (Wildman–Crippen LogP) is 2.96. The largest absolute Gasteiger partial charge is 0.420 e. The average Bonchev–Trinajstić information content (AvgIpc) is 2.62. The molecule has 7 nitrogen and oxygen atoms in total. The predicted molar refractivity (Wildman–Crippen MR) is 97.5 cm³/mol. The third-order valence-electron chi connectivity index (χ3n) is 3.48. The summed E-state index contributed by atoms with van der Waals surface area (Å²) in [5, 5.41) is 3.91. The summed E-state index contributed by atoms with van der Waals surface area (Å²) in [6.45, 7) is 0.